The quantitative estimate of drug-likeness (QED) is 0.371. The largest absolute Gasteiger partial charge is 0.293 e. The smallest absolute Gasteiger partial charge is 0.262 e. The fraction of sp³-hybridized carbons (Fsp3) is 0.250. The molecular weight excluding hydrogens is 370 g/mol. The second kappa shape index (κ2) is 6.88. The van der Waals surface area contributed by atoms with Crippen molar-refractivity contribution in [1.82, 2.24) is 9.55 Å². The number of nitrogens with zero attached hydrogens (tertiary/aromatic N) is 2. The molecule has 0 amide bonds. The lowest BCUT2D eigenvalue weighted by Gasteiger charge is -2.15. The molecule has 1 fully saturated rings. The molecule has 0 saturated heterocycles. The van der Waals surface area contributed by atoms with E-state index >= 15 is 0 Å². The molecule has 4 nitrogen and oxygen atoms in total. The van der Waals surface area contributed by atoms with Gasteiger partial charge in [0.15, 0.2) is 22.6 Å². The minimum atomic E-state index is -1.06. The van der Waals surface area contributed by atoms with E-state index in [1.54, 1.807) is 35.8 Å². The lowest BCUT2D eigenvalue weighted by atomic mass is 10.1. The standard InChI is InChI=1S/C20H16F2N2O2S/c1-11(18(25)12-6-9-15(21)16(22)10-12)27-20-23-17-5-3-2-4-14(17)19(26)24(20)13-7-8-13/h2-6,9-11,13H,7-8H2,1H3/t11-/m0/s1. The number of aromatic nitrogens is 2. The number of hydrogen-bond acceptors (Lipinski definition) is 4. The number of Topliss-reactive ketones (excluding diaryl/α,β-unsaturated/α-hetero) is 1. The number of benzene rings is 2. The third-order valence-corrected chi connectivity index (χ3v) is 5.61. The van der Waals surface area contributed by atoms with Crippen molar-refractivity contribution in [2.24, 2.45) is 0 Å². The van der Waals surface area contributed by atoms with Crippen LogP contribution in [0.5, 0.6) is 0 Å². The highest BCUT2D eigenvalue weighted by atomic mass is 32.2. The van der Waals surface area contributed by atoms with Crippen molar-refractivity contribution >= 4 is 28.4 Å². The number of ketones is 1. The topological polar surface area (TPSA) is 52.0 Å². The van der Waals surface area contributed by atoms with Gasteiger partial charge in [-0.1, -0.05) is 23.9 Å². The monoisotopic (exact) mass is 386 g/mol. The van der Waals surface area contributed by atoms with Crippen LogP contribution in [-0.2, 0) is 0 Å². The number of carbonyl (C=O) groups excluding carboxylic acids is 1. The number of thioether (sulfide) groups is 1. The molecule has 0 N–H and O–H groups in total. The summed E-state index contributed by atoms with van der Waals surface area (Å²) in [6.45, 7) is 1.67. The SMILES string of the molecule is C[C@H](Sc1nc2ccccc2c(=O)n1C1CC1)C(=O)c1ccc(F)c(F)c1. The van der Waals surface area contributed by atoms with E-state index in [9.17, 15) is 18.4 Å². The number of hydrogen-bond donors (Lipinski definition) is 0. The summed E-state index contributed by atoms with van der Waals surface area (Å²) in [6.07, 6.45) is 1.80. The molecule has 1 atom stereocenters. The van der Waals surface area contributed by atoms with Crippen LogP contribution in [0.3, 0.4) is 0 Å². The Labute approximate surface area is 158 Å². The van der Waals surface area contributed by atoms with Gasteiger partial charge in [-0.3, -0.25) is 14.2 Å². The van der Waals surface area contributed by atoms with E-state index < -0.39 is 16.9 Å². The summed E-state index contributed by atoms with van der Waals surface area (Å²) in [7, 11) is 0. The Morgan fingerprint density at radius 1 is 1.19 bits per heavy atom. The van der Waals surface area contributed by atoms with Crippen LogP contribution >= 0.6 is 11.8 Å². The molecule has 7 heteroatoms. The van der Waals surface area contributed by atoms with E-state index in [0.717, 1.165) is 25.0 Å². The highest BCUT2D eigenvalue weighted by Gasteiger charge is 2.30. The third-order valence-electron chi connectivity index (χ3n) is 4.54. The summed E-state index contributed by atoms with van der Waals surface area (Å²) in [4.78, 5) is 30.1. The van der Waals surface area contributed by atoms with Crippen LogP contribution in [0.15, 0.2) is 52.4 Å². The fourth-order valence-electron chi connectivity index (χ4n) is 2.96. The Kier molecular flexibility index (Phi) is 4.55. The van der Waals surface area contributed by atoms with E-state index in [1.807, 2.05) is 0 Å². The van der Waals surface area contributed by atoms with Crippen LogP contribution in [-0.4, -0.2) is 20.6 Å². The first kappa shape index (κ1) is 17.9. The molecule has 0 spiro atoms. The van der Waals surface area contributed by atoms with Crippen LogP contribution in [0.2, 0.25) is 0 Å². The Bertz CT molecular complexity index is 1110. The van der Waals surface area contributed by atoms with E-state index in [2.05, 4.69) is 4.98 Å². The summed E-state index contributed by atoms with van der Waals surface area (Å²) in [5, 5.41) is 0.422. The first-order chi connectivity index (χ1) is 13.0. The van der Waals surface area contributed by atoms with Crippen molar-refractivity contribution in [2.75, 3.05) is 0 Å². The predicted molar refractivity (Wildman–Crippen MR) is 100 cm³/mol. The van der Waals surface area contributed by atoms with Crippen molar-refractivity contribution < 1.29 is 13.6 Å². The van der Waals surface area contributed by atoms with Gasteiger partial charge in [-0.15, -0.1) is 0 Å². The zero-order valence-electron chi connectivity index (χ0n) is 14.5. The average Bonchev–Trinajstić information content (AvgIpc) is 3.48. The van der Waals surface area contributed by atoms with Crippen LogP contribution in [0.25, 0.3) is 10.9 Å². The summed E-state index contributed by atoms with van der Waals surface area (Å²) in [5.41, 5.74) is 0.558. The molecule has 3 aromatic rings. The van der Waals surface area contributed by atoms with Gasteiger partial charge in [0.2, 0.25) is 0 Å². The molecule has 0 bridgehead atoms. The number of rotatable bonds is 5. The molecule has 27 heavy (non-hydrogen) atoms. The Balaban J connectivity index is 1.70. The van der Waals surface area contributed by atoms with Crippen molar-refractivity contribution in [3.05, 3.63) is 70.0 Å². The first-order valence-electron chi connectivity index (χ1n) is 8.63. The summed E-state index contributed by atoms with van der Waals surface area (Å²) in [5.74, 6) is -2.40. The summed E-state index contributed by atoms with van der Waals surface area (Å²) < 4.78 is 28.2. The van der Waals surface area contributed by atoms with Gasteiger partial charge in [-0.2, -0.15) is 0 Å². The second-order valence-corrected chi connectivity index (χ2v) is 7.88. The number of para-hydroxylation sites is 1. The second-order valence-electron chi connectivity index (χ2n) is 6.57. The van der Waals surface area contributed by atoms with Crippen LogP contribution in [0.1, 0.15) is 36.2 Å². The minimum Gasteiger partial charge on any atom is -0.293 e. The van der Waals surface area contributed by atoms with Crippen LogP contribution in [0.4, 0.5) is 8.78 Å². The highest BCUT2D eigenvalue weighted by Crippen LogP contribution is 2.38. The van der Waals surface area contributed by atoms with Gasteiger partial charge in [0.05, 0.1) is 16.2 Å². The summed E-state index contributed by atoms with van der Waals surface area (Å²) in [6, 6.07) is 10.3. The highest BCUT2D eigenvalue weighted by molar-refractivity contribution is 8.00. The van der Waals surface area contributed by atoms with Crippen molar-refractivity contribution in [1.29, 1.82) is 0 Å². The van der Waals surface area contributed by atoms with Gasteiger partial charge in [-0.25, -0.2) is 13.8 Å². The van der Waals surface area contributed by atoms with Gasteiger partial charge in [0.25, 0.3) is 5.56 Å². The molecule has 1 aliphatic rings. The van der Waals surface area contributed by atoms with Crippen LogP contribution < -0.4 is 5.56 Å². The first-order valence-corrected chi connectivity index (χ1v) is 9.51. The van der Waals surface area contributed by atoms with E-state index in [-0.39, 0.29) is 22.9 Å². The van der Waals surface area contributed by atoms with Gasteiger partial charge in [0.1, 0.15) is 0 Å². The van der Waals surface area contributed by atoms with Crippen LogP contribution in [0, 0.1) is 11.6 Å². The molecule has 1 saturated carbocycles. The normalized spacial score (nSPS) is 15.1. The Hall–Kier alpha value is -2.54. The molecule has 1 aliphatic carbocycles. The maximum Gasteiger partial charge on any atom is 0.262 e. The predicted octanol–water partition coefficient (Wildman–Crippen LogP) is 4.37. The van der Waals surface area contributed by atoms with Crippen molar-refractivity contribution in [3.63, 3.8) is 0 Å². The molecule has 0 radical (unpaired) electrons. The van der Waals surface area contributed by atoms with E-state index in [4.69, 9.17) is 0 Å². The van der Waals surface area contributed by atoms with Gasteiger partial charge >= 0.3 is 0 Å². The van der Waals surface area contributed by atoms with E-state index in [1.165, 1.54) is 17.8 Å². The molecule has 0 unspecified atom stereocenters. The summed E-state index contributed by atoms with van der Waals surface area (Å²) >= 11 is 1.17. The number of halogens is 2. The van der Waals surface area contributed by atoms with E-state index in [0.29, 0.717) is 16.1 Å². The maximum absolute atomic E-state index is 13.4. The zero-order chi connectivity index (χ0) is 19.1. The minimum absolute atomic E-state index is 0.0926. The van der Waals surface area contributed by atoms with Crippen molar-refractivity contribution in [3.8, 4) is 0 Å². The Morgan fingerprint density at radius 3 is 2.63 bits per heavy atom. The number of fused-ring (bicyclic) bond motifs is 1. The number of carbonyl (C=O) groups is 1. The lowest BCUT2D eigenvalue weighted by molar-refractivity contribution is 0.0993. The molecule has 1 aromatic heterocycles. The van der Waals surface area contributed by atoms with Gasteiger partial charge in [0, 0.05) is 11.6 Å². The van der Waals surface area contributed by atoms with Gasteiger partial charge in [-0.05, 0) is 50.1 Å². The lowest BCUT2D eigenvalue weighted by Crippen LogP contribution is -2.24. The fourth-order valence-corrected chi connectivity index (χ4v) is 4.02. The molecule has 1 heterocycles. The molecule has 138 valence electrons. The Morgan fingerprint density at radius 2 is 1.93 bits per heavy atom. The zero-order valence-corrected chi connectivity index (χ0v) is 15.3. The maximum atomic E-state index is 13.4. The molecule has 2 aromatic carbocycles. The average molecular weight is 386 g/mol. The van der Waals surface area contributed by atoms with Crippen molar-refractivity contribution in [2.45, 2.75) is 36.2 Å². The molecular formula is C20H16F2N2O2S. The van der Waals surface area contributed by atoms with Gasteiger partial charge < -0.3 is 0 Å². The molecule has 4 rings (SSSR count). The molecule has 0 aliphatic heterocycles. The third kappa shape index (κ3) is 3.39.